The highest BCUT2D eigenvalue weighted by Gasteiger charge is 2.38. The molecule has 1 aliphatic heterocycles. The molecule has 0 unspecified atom stereocenters. The zero-order valence-electron chi connectivity index (χ0n) is 16.0. The molecule has 1 aromatic carbocycles. The first-order valence-electron chi connectivity index (χ1n) is 9.50. The van der Waals surface area contributed by atoms with Crippen LogP contribution in [0.5, 0.6) is 11.6 Å². The van der Waals surface area contributed by atoms with Crippen molar-refractivity contribution in [3.05, 3.63) is 59.3 Å². The Hall–Kier alpha value is -2.58. The van der Waals surface area contributed by atoms with Crippen molar-refractivity contribution in [3.63, 3.8) is 0 Å². The molecule has 1 saturated heterocycles. The lowest BCUT2D eigenvalue weighted by Crippen LogP contribution is -2.58. The van der Waals surface area contributed by atoms with Gasteiger partial charge in [-0.3, -0.25) is 4.68 Å². The number of ether oxygens (including phenoxy) is 2. The van der Waals surface area contributed by atoms with Crippen LogP contribution in [0.3, 0.4) is 0 Å². The normalized spacial score (nSPS) is 18.7. The van der Waals surface area contributed by atoms with Crippen LogP contribution in [0.15, 0.2) is 48.1 Å². The van der Waals surface area contributed by atoms with Gasteiger partial charge in [0.25, 0.3) is 0 Å². The molecule has 29 heavy (non-hydrogen) atoms. The second kappa shape index (κ2) is 7.35. The number of hydrogen-bond acceptors (Lipinski definition) is 4. The number of halogens is 3. The van der Waals surface area contributed by atoms with Gasteiger partial charge in [0.1, 0.15) is 5.75 Å². The van der Waals surface area contributed by atoms with Gasteiger partial charge in [-0.25, -0.2) is 0 Å². The van der Waals surface area contributed by atoms with Crippen LogP contribution in [0.1, 0.15) is 31.0 Å². The fourth-order valence-electron chi connectivity index (χ4n) is 3.51. The summed E-state index contributed by atoms with van der Waals surface area (Å²) in [6.45, 7) is 3.64. The molecule has 0 atom stereocenters. The molecule has 0 radical (unpaired) electrons. The Bertz CT molecular complexity index is 955. The number of alkyl halides is 3. The van der Waals surface area contributed by atoms with Gasteiger partial charge < -0.3 is 15.2 Å². The second-order valence-electron chi connectivity index (χ2n) is 7.32. The molecule has 4 rings (SSSR count). The Labute approximate surface area is 166 Å². The van der Waals surface area contributed by atoms with Gasteiger partial charge in [-0.05, 0) is 55.2 Å². The van der Waals surface area contributed by atoms with E-state index in [2.05, 4.69) is 17.3 Å². The third-order valence-electron chi connectivity index (χ3n) is 5.19. The Kier molecular flexibility index (Phi) is 5.00. The van der Waals surface area contributed by atoms with Gasteiger partial charge in [-0.15, -0.1) is 5.10 Å². The van der Waals surface area contributed by atoms with Crippen LogP contribution in [-0.2, 0) is 17.5 Å². The number of nitrogens with two attached hydrogens (primary N) is 1. The average molecular weight is 405 g/mol. The molecule has 2 aromatic rings. The molecule has 1 aromatic heterocycles. The van der Waals surface area contributed by atoms with E-state index in [4.69, 9.17) is 15.2 Å². The van der Waals surface area contributed by atoms with E-state index in [0.717, 1.165) is 41.8 Å². The highest BCUT2D eigenvalue weighted by Crippen LogP contribution is 2.35. The summed E-state index contributed by atoms with van der Waals surface area (Å²) in [5.41, 5.74) is 8.33. The minimum absolute atomic E-state index is 0.302. The predicted molar refractivity (Wildman–Crippen MR) is 102 cm³/mol. The van der Waals surface area contributed by atoms with Crippen LogP contribution in [0.4, 0.5) is 13.2 Å². The molecule has 2 aliphatic rings. The van der Waals surface area contributed by atoms with Crippen molar-refractivity contribution in [2.45, 2.75) is 38.0 Å². The summed E-state index contributed by atoms with van der Waals surface area (Å²) >= 11 is 0. The number of aromatic nitrogens is 2. The molecule has 0 spiro atoms. The lowest BCUT2D eigenvalue weighted by molar-refractivity contribution is -0.137. The van der Waals surface area contributed by atoms with Gasteiger partial charge in [-0.1, -0.05) is 12.2 Å². The highest BCUT2D eigenvalue weighted by molar-refractivity contribution is 5.69. The van der Waals surface area contributed by atoms with Crippen molar-refractivity contribution in [1.82, 2.24) is 9.78 Å². The van der Waals surface area contributed by atoms with Gasteiger partial charge in [0.2, 0.25) is 5.88 Å². The van der Waals surface area contributed by atoms with Gasteiger partial charge in [0.05, 0.1) is 30.0 Å². The van der Waals surface area contributed by atoms with Crippen molar-refractivity contribution >= 4 is 5.57 Å². The van der Waals surface area contributed by atoms with Gasteiger partial charge >= 0.3 is 6.18 Å². The lowest BCUT2D eigenvalue weighted by atomic mass is 9.83. The first-order valence-corrected chi connectivity index (χ1v) is 9.50. The van der Waals surface area contributed by atoms with E-state index >= 15 is 0 Å². The summed E-state index contributed by atoms with van der Waals surface area (Å²) in [4.78, 5) is 0. The van der Waals surface area contributed by atoms with Crippen molar-refractivity contribution in [1.29, 1.82) is 0 Å². The second-order valence-corrected chi connectivity index (χ2v) is 7.32. The number of benzene rings is 1. The van der Waals surface area contributed by atoms with E-state index in [-0.39, 0.29) is 0 Å². The topological polar surface area (TPSA) is 62.3 Å². The Morgan fingerprint density at radius 1 is 1.24 bits per heavy atom. The van der Waals surface area contributed by atoms with E-state index in [1.165, 1.54) is 12.1 Å². The van der Waals surface area contributed by atoms with Crippen LogP contribution in [-0.4, -0.2) is 28.5 Å². The predicted octanol–water partition coefficient (Wildman–Crippen LogP) is 4.55. The van der Waals surface area contributed by atoms with Crippen molar-refractivity contribution < 1.29 is 22.6 Å². The van der Waals surface area contributed by atoms with Crippen molar-refractivity contribution in [2.24, 2.45) is 5.73 Å². The molecule has 8 heteroatoms. The smallest absolute Gasteiger partial charge is 0.416 e. The summed E-state index contributed by atoms with van der Waals surface area (Å²) in [7, 11) is 0. The van der Waals surface area contributed by atoms with E-state index in [1.807, 2.05) is 17.7 Å². The van der Waals surface area contributed by atoms with Gasteiger partial charge in [0.15, 0.2) is 0 Å². The summed E-state index contributed by atoms with van der Waals surface area (Å²) in [5.74, 6) is 0.643. The first kappa shape index (κ1) is 19.7. The number of hydrogen-bond donors (Lipinski definition) is 1. The first-order chi connectivity index (χ1) is 13.8. The third kappa shape index (κ3) is 3.95. The van der Waals surface area contributed by atoms with Crippen LogP contribution >= 0.6 is 0 Å². The average Bonchev–Trinajstić information content (AvgIpc) is 3.09. The maximum Gasteiger partial charge on any atom is 0.416 e. The summed E-state index contributed by atoms with van der Waals surface area (Å²) < 4.78 is 50.9. The monoisotopic (exact) mass is 405 g/mol. The summed E-state index contributed by atoms with van der Waals surface area (Å²) in [6, 6.07) is 6.40. The summed E-state index contributed by atoms with van der Waals surface area (Å²) in [5, 5.41) is 4.45. The molecule has 2 heterocycles. The quantitative estimate of drug-likeness (QED) is 0.793. The largest absolute Gasteiger partial charge is 0.438 e. The molecular weight excluding hydrogens is 383 g/mol. The number of aryl methyl sites for hydroxylation is 1. The number of rotatable bonds is 5. The van der Waals surface area contributed by atoms with Crippen molar-refractivity contribution in [2.75, 3.05) is 13.2 Å². The van der Waals surface area contributed by atoms with Crippen LogP contribution in [0.25, 0.3) is 5.57 Å². The number of nitrogens with zero attached hydrogens (tertiary/aromatic N) is 2. The minimum atomic E-state index is -4.37. The van der Waals surface area contributed by atoms with Crippen LogP contribution < -0.4 is 10.5 Å². The summed E-state index contributed by atoms with van der Waals surface area (Å²) in [6.07, 6.45) is 1.60. The molecule has 0 saturated carbocycles. The van der Waals surface area contributed by atoms with E-state index < -0.39 is 17.3 Å². The SMILES string of the molecule is CCn1nc(Oc2ccc(C(F)(F)F)cc2)cc1C1=CC(C2(N)COC2)=CCC1. The highest BCUT2D eigenvalue weighted by atomic mass is 19.4. The third-order valence-corrected chi connectivity index (χ3v) is 5.19. The maximum atomic E-state index is 12.7. The van der Waals surface area contributed by atoms with E-state index in [1.54, 1.807) is 0 Å². The molecule has 0 amide bonds. The van der Waals surface area contributed by atoms with Crippen molar-refractivity contribution in [3.8, 4) is 11.6 Å². The maximum absolute atomic E-state index is 12.7. The molecule has 2 N–H and O–H groups in total. The number of allylic oxidation sites excluding steroid dienone is 2. The fourth-order valence-corrected chi connectivity index (χ4v) is 3.51. The van der Waals surface area contributed by atoms with Gasteiger partial charge in [-0.2, -0.15) is 13.2 Å². The Morgan fingerprint density at radius 3 is 2.55 bits per heavy atom. The molecule has 1 aliphatic carbocycles. The molecular formula is C21H22F3N3O2. The minimum Gasteiger partial charge on any atom is -0.438 e. The zero-order valence-corrected chi connectivity index (χ0v) is 16.0. The van der Waals surface area contributed by atoms with Crippen LogP contribution in [0.2, 0.25) is 0 Å². The van der Waals surface area contributed by atoms with Gasteiger partial charge in [0, 0.05) is 12.6 Å². The molecule has 0 bridgehead atoms. The van der Waals surface area contributed by atoms with E-state index in [0.29, 0.717) is 31.4 Å². The molecule has 1 fully saturated rings. The zero-order chi connectivity index (χ0) is 20.6. The fraction of sp³-hybridized carbons (Fsp3) is 0.381. The van der Waals surface area contributed by atoms with E-state index in [9.17, 15) is 13.2 Å². The Morgan fingerprint density at radius 2 is 1.97 bits per heavy atom. The molecule has 5 nitrogen and oxygen atoms in total. The standard InChI is InChI=1S/C21H22F3N3O2/c1-2-27-18(14-4-3-5-16(10-14)20(25)12-28-13-20)11-19(26-27)29-17-8-6-15(7-9-17)21(22,23)24/h5-11H,2-4,12-13,25H2,1H3. The van der Waals surface area contributed by atoms with Crippen LogP contribution in [0, 0.1) is 0 Å². The molecule has 154 valence electrons. The Balaban J connectivity index is 1.57. The lowest BCUT2D eigenvalue weighted by Gasteiger charge is -2.40.